The Labute approximate surface area is 61.2 Å². The summed E-state index contributed by atoms with van der Waals surface area (Å²) in [6.45, 7) is 13.7. The minimum absolute atomic E-state index is 0.457. The molecule has 0 amide bonds. The third-order valence-corrected chi connectivity index (χ3v) is 2.01. The molecule has 0 aromatic carbocycles. The average Bonchev–Trinajstić information content (AvgIpc) is 1.14. The van der Waals surface area contributed by atoms with Gasteiger partial charge in [0.25, 0.3) is 0 Å². The van der Waals surface area contributed by atoms with Gasteiger partial charge >= 0.3 is 0 Å². The van der Waals surface area contributed by atoms with Gasteiger partial charge in [-0.1, -0.05) is 50.1 Å². The predicted octanol–water partition coefficient (Wildman–Crippen LogP) is 3.53. The molecule has 0 unspecified atom stereocenters. The minimum Gasteiger partial charge on any atom is -0.0689 e. The van der Waals surface area contributed by atoms with Crippen LogP contribution in [0.15, 0.2) is 0 Å². The molecule has 0 aliphatic rings. The first-order valence-corrected chi connectivity index (χ1v) is 4.34. The largest absolute Gasteiger partial charge is 0.0689 e. The standard InChI is InChI=1S/C8H18P/c1-7(2,3)9-8(4,5)6/h1-6H3/i9-29. The highest BCUT2D eigenvalue weighted by molar-refractivity contribution is 7.41. The van der Waals surface area contributed by atoms with Crippen molar-refractivity contribution in [2.75, 3.05) is 0 Å². The van der Waals surface area contributed by atoms with Crippen molar-refractivity contribution in [3.8, 4) is 0 Å². The van der Waals surface area contributed by atoms with Crippen LogP contribution in [0.4, 0.5) is 0 Å². The lowest BCUT2D eigenvalue weighted by molar-refractivity contribution is 0.725. The summed E-state index contributed by atoms with van der Waals surface area (Å²) in [5, 5.41) is 0.913. The van der Waals surface area contributed by atoms with E-state index in [2.05, 4.69) is 41.5 Å². The Bertz CT molecular complexity index is 69.7. The summed E-state index contributed by atoms with van der Waals surface area (Å²) < 4.78 is 0. The van der Waals surface area contributed by atoms with Crippen LogP contribution in [-0.4, -0.2) is 10.3 Å². The fourth-order valence-electron chi connectivity index (χ4n) is 1.01. The van der Waals surface area contributed by atoms with Gasteiger partial charge in [-0.3, -0.25) is 0 Å². The molecule has 9 heavy (non-hydrogen) atoms. The zero-order valence-electron chi connectivity index (χ0n) is 7.45. The van der Waals surface area contributed by atoms with Crippen molar-refractivity contribution in [3.05, 3.63) is 0 Å². The Morgan fingerprint density at radius 3 is 0.889 bits per heavy atom. The summed E-state index contributed by atoms with van der Waals surface area (Å²) >= 11 is 0. The molecule has 0 rings (SSSR count). The lowest BCUT2D eigenvalue weighted by Gasteiger charge is -2.27. The van der Waals surface area contributed by atoms with E-state index in [9.17, 15) is 0 Å². The molecular formula is C8H18P. The maximum absolute atomic E-state index is 2.28. The molecule has 0 saturated carbocycles. The van der Waals surface area contributed by atoms with Gasteiger partial charge in [-0.2, -0.15) is 0 Å². The Balaban J connectivity index is 3.75. The van der Waals surface area contributed by atoms with E-state index >= 15 is 0 Å². The quantitative estimate of drug-likeness (QED) is 0.425. The number of rotatable bonds is 0. The molecule has 0 aromatic heterocycles. The molecule has 0 atom stereocenters. The molecule has 0 nitrogen and oxygen atoms in total. The van der Waals surface area contributed by atoms with Gasteiger partial charge in [0.2, 0.25) is 0 Å². The van der Waals surface area contributed by atoms with Gasteiger partial charge in [-0.15, -0.1) is 0 Å². The molecule has 55 valence electrons. The monoisotopic (exact) mass is 116 g/mol. The van der Waals surface area contributed by atoms with Gasteiger partial charge in [0.1, 0.15) is 0 Å². The fourth-order valence-corrected chi connectivity index (χ4v) is 3.02. The van der Waals surface area contributed by atoms with Crippen LogP contribution in [0.2, 0.25) is 0 Å². The maximum atomic E-state index is 2.28. The highest BCUT2D eigenvalue weighted by Crippen LogP contribution is 2.41. The molecule has 0 heterocycles. The second kappa shape index (κ2) is 2.58. The smallest absolute Gasteiger partial charge is 0.0136 e. The van der Waals surface area contributed by atoms with E-state index in [1.54, 1.807) is 0 Å². The molecule has 0 aromatic rings. The van der Waals surface area contributed by atoms with Gasteiger partial charge < -0.3 is 0 Å². The first-order chi connectivity index (χ1) is 3.71. The SMILES string of the molecule is CC(C)(C)[2P]C(C)(C)C. The molecule has 0 saturated heterocycles. The fraction of sp³-hybridized carbons (Fsp3) is 1.00. The summed E-state index contributed by atoms with van der Waals surface area (Å²) in [5.41, 5.74) is 0. The van der Waals surface area contributed by atoms with E-state index in [1.807, 2.05) is 0 Å². The lowest BCUT2D eigenvalue weighted by atomic mass is 1.80. The summed E-state index contributed by atoms with van der Waals surface area (Å²) in [7, 11) is 1.53. The number of hydrogen-bond acceptors (Lipinski definition) is 0. The van der Waals surface area contributed by atoms with E-state index in [1.165, 1.54) is 8.58 Å². The van der Waals surface area contributed by atoms with Crippen LogP contribution in [0.5, 0.6) is 0 Å². The van der Waals surface area contributed by atoms with Gasteiger partial charge in [0.15, 0.2) is 0 Å². The van der Waals surface area contributed by atoms with Crippen molar-refractivity contribution in [3.63, 3.8) is 0 Å². The maximum Gasteiger partial charge on any atom is -0.0136 e. The van der Waals surface area contributed by atoms with E-state index in [0.717, 1.165) is 0 Å². The van der Waals surface area contributed by atoms with Crippen LogP contribution in [-0.2, 0) is 0 Å². The van der Waals surface area contributed by atoms with Crippen molar-refractivity contribution in [2.24, 2.45) is 0 Å². The van der Waals surface area contributed by atoms with Crippen LogP contribution in [0.1, 0.15) is 41.5 Å². The van der Waals surface area contributed by atoms with E-state index in [-0.39, 0.29) is 0 Å². The molecule has 1 radical (unpaired) electrons. The van der Waals surface area contributed by atoms with Gasteiger partial charge in [-0.05, 0) is 10.3 Å². The molecule has 0 N–H and O–H groups in total. The van der Waals surface area contributed by atoms with E-state index in [4.69, 9.17) is 0 Å². The third kappa shape index (κ3) is 8.43. The van der Waals surface area contributed by atoms with Gasteiger partial charge in [-0.25, -0.2) is 0 Å². The molecule has 0 aliphatic carbocycles. The summed E-state index contributed by atoms with van der Waals surface area (Å²) in [5.74, 6) is 0. The molecule has 0 aliphatic heterocycles. The van der Waals surface area contributed by atoms with Crippen molar-refractivity contribution in [1.29, 1.82) is 0 Å². The summed E-state index contributed by atoms with van der Waals surface area (Å²) in [6, 6.07) is 0. The zero-order chi connectivity index (χ0) is 7.71. The van der Waals surface area contributed by atoms with E-state index < -0.39 is 0 Å². The average molecular weight is 116 g/mol. The normalized spacial score (nSPS) is 14.0. The Morgan fingerprint density at radius 1 is 0.667 bits per heavy atom. The topological polar surface area (TPSA) is 0 Å². The second-order valence-electron chi connectivity index (χ2n) is 4.45. The highest BCUT2D eigenvalue weighted by Gasteiger charge is 2.20. The molecule has 1 heteroatoms. The van der Waals surface area contributed by atoms with Crippen molar-refractivity contribution < 1.29 is 0 Å². The van der Waals surface area contributed by atoms with Crippen LogP contribution >= 0.6 is 8.58 Å². The zero-order valence-corrected chi connectivity index (χ0v) is 8.34. The first-order valence-electron chi connectivity index (χ1n) is 3.45. The Hall–Kier alpha value is 0.430. The van der Waals surface area contributed by atoms with E-state index in [0.29, 0.717) is 10.3 Å². The molecule has 0 bridgehead atoms. The van der Waals surface area contributed by atoms with Gasteiger partial charge in [0, 0.05) is 0 Å². The first kappa shape index (κ1) is 9.43. The predicted molar refractivity (Wildman–Crippen MR) is 46.4 cm³/mol. The molecule has 0 spiro atoms. The molecule has 0 fully saturated rings. The lowest BCUT2D eigenvalue weighted by Crippen LogP contribution is -2.16. The summed E-state index contributed by atoms with van der Waals surface area (Å²) in [6.07, 6.45) is 0. The second-order valence-corrected chi connectivity index (χ2v) is 7.36. The summed E-state index contributed by atoms with van der Waals surface area (Å²) in [4.78, 5) is 0. The van der Waals surface area contributed by atoms with Crippen LogP contribution in [0, 0.1) is 0 Å². The Kier molecular flexibility index (Phi) is 2.70. The highest BCUT2D eigenvalue weighted by atomic mass is 13.8. The van der Waals surface area contributed by atoms with Gasteiger partial charge in [0.05, 0.1) is 0 Å². The third-order valence-electron chi connectivity index (χ3n) is 0.671. The Morgan fingerprint density at radius 2 is 0.889 bits per heavy atom. The van der Waals surface area contributed by atoms with Crippen molar-refractivity contribution in [1.82, 2.24) is 0 Å². The molecular weight excluding hydrogens is 98.1 g/mol. The van der Waals surface area contributed by atoms with Crippen molar-refractivity contribution in [2.45, 2.75) is 51.9 Å². The number of hydrogen-bond donors (Lipinski definition) is 0. The van der Waals surface area contributed by atoms with Crippen molar-refractivity contribution >= 4 is 8.58 Å². The van der Waals surface area contributed by atoms with Crippen LogP contribution in [0.3, 0.4) is 0 Å². The van der Waals surface area contributed by atoms with Crippen LogP contribution in [0.25, 0.3) is 0 Å². The van der Waals surface area contributed by atoms with Crippen LogP contribution < -0.4 is 0 Å². The minimum atomic E-state index is 0.457.